The molecule has 9 heteroatoms. The highest BCUT2D eigenvalue weighted by Gasteiger charge is 2.39. The summed E-state index contributed by atoms with van der Waals surface area (Å²) in [4.78, 5) is 26.5. The molecule has 0 saturated carbocycles. The molecule has 0 radical (unpaired) electrons. The summed E-state index contributed by atoms with van der Waals surface area (Å²) >= 11 is 0. The van der Waals surface area contributed by atoms with Gasteiger partial charge in [-0.1, -0.05) is 140 Å². The normalized spacial score (nSPS) is 18.2. The number of carbonyl (C=O) groups is 2. The first kappa shape index (κ1) is 38.4. The number of ether oxygens (including phenoxy) is 3. The number of hydrogen-bond acceptors (Lipinski definition) is 7. The maximum Gasteiger partial charge on any atom is 0.325 e. The van der Waals surface area contributed by atoms with Crippen molar-refractivity contribution in [2.45, 2.75) is 58.6 Å². The number of aliphatic hydroxyl groups excluding tert-OH is 1. The highest BCUT2D eigenvalue weighted by atomic mass is 16.7. The molecule has 280 valence electrons. The molecule has 6 rings (SSSR count). The SMILES string of the molecule is CCOC(=O)CNC(=O)NCc1ccccc1-c1ccc(C2OC(CN(Cc3ccccc3)Cc3ccccc3)C(C)C(c3ccc(CO)cc3)O2)cc1. The maximum absolute atomic E-state index is 12.4. The van der Waals surface area contributed by atoms with Crippen LogP contribution in [0, 0.1) is 5.92 Å². The number of amides is 2. The van der Waals surface area contributed by atoms with Gasteiger partial charge >= 0.3 is 12.0 Å². The van der Waals surface area contributed by atoms with Gasteiger partial charge in [0.25, 0.3) is 0 Å². The van der Waals surface area contributed by atoms with Gasteiger partial charge in [0.1, 0.15) is 6.54 Å². The number of hydrogen-bond donors (Lipinski definition) is 3. The van der Waals surface area contributed by atoms with E-state index in [1.807, 2.05) is 72.8 Å². The van der Waals surface area contributed by atoms with Crippen molar-refractivity contribution < 1.29 is 28.9 Å². The Balaban J connectivity index is 1.22. The number of aliphatic hydroxyl groups is 1. The largest absolute Gasteiger partial charge is 0.465 e. The summed E-state index contributed by atoms with van der Waals surface area (Å²) in [5.41, 5.74) is 8.17. The van der Waals surface area contributed by atoms with Gasteiger partial charge in [-0.2, -0.15) is 0 Å². The Kier molecular flexibility index (Phi) is 13.6. The second kappa shape index (κ2) is 19.1. The molecular formula is C45H49N3O6. The van der Waals surface area contributed by atoms with Gasteiger partial charge < -0.3 is 30.0 Å². The van der Waals surface area contributed by atoms with Gasteiger partial charge in [0.2, 0.25) is 0 Å². The fraction of sp³-hybridized carbons (Fsp3) is 0.289. The van der Waals surface area contributed by atoms with Crippen LogP contribution in [0.2, 0.25) is 0 Å². The monoisotopic (exact) mass is 727 g/mol. The number of rotatable bonds is 15. The predicted molar refractivity (Wildman–Crippen MR) is 209 cm³/mol. The van der Waals surface area contributed by atoms with E-state index in [1.54, 1.807) is 6.92 Å². The molecule has 0 aliphatic carbocycles. The molecule has 0 aromatic heterocycles. The van der Waals surface area contributed by atoms with Crippen molar-refractivity contribution in [1.29, 1.82) is 0 Å². The van der Waals surface area contributed by atoms with Crippen LogP contribution in [-0.4, -0.2) is 47.8 Å². The second-order valence-electron chi connectivity index (χ2n) is 13.6. The first-order valence-electron chi connectivity index (χ1n) is 18.6. The fourth-order valence-electron chi connectivity index (χ4n) is 6.83. The van der Waals surface area contributed by atoms with E-state index < -0.39 is 18.3 Å². The summed E-state index contributed by atoms with van der Waals surface area (Å²) < 4.78 is 18.6. The fourth-order valence-corrected chi connectivity index (χ4v) is 6.83. The van der Waals surface area contributed by atoms with Gasteiger partial charge in [-0.25, -0.2) is 4.79 Å². The lowest BCUT2D eigenvalue weighted by Crippen LogP contribution is -2.44. The molecular weight excluding hydrogens is 679 g/mol. The number of benzene rings is 5. The number of nitrogens with zero attached hydrogens (tertiary/aromatic N) is 1. The van der Waals surface area contributed by atoms with E-state index in [2.05, 4.69) is 83.1 Å². The second-order valence-corrected chi connectivity index (χ2v) is 13.6. The predicted octanol–water partition coefficient (Wildman–Crippen LogP) is 7.70. The lowest BCUT2D eigenvalue weighted by molar-refractivity contribution is -0.276. The summed E-state index contributed by atoms with van der Waals surface area (Å²) in [7, 11) is 0. The molecule has 4 atom stereocenters. The zero-order valence-electron chi connectivity index (χ0n) is 30.9. The minimum absolute atomic E-state index is 0.0160. The summed E-state index contributed by atoms with van der Waals surface area (Å²) in [5.74, 6) is -0.453. The Bertz CT molecular complexity index is 1880. The third-order valence-corrected chi connectivity index (χ3v) is 9.71. The van der Waals surface area contributed by atoms with Crippen molar-refractivity contribution >= 4 is 12.0 Å². The highest BCUT2D eigenvalue weighted by molar-refractivity contribution is 5.81. The third kappa shape index (κ3) is 10.4. The molecule has 3 N–H and O–H groups in total. The molecule has 2 amide bonds. The van der Waals surface area contributed by atoms with Crippen LogP contribution in [-0.2, 0) is 45.2 Å². The van der Waals surface area contributed by atoms with Gasteiger partial charge in [-0.15, -0.1) is 0 Å². The molecule has 0 spiro atoms. The van der Waals surface area contributed by atoms with Crippen molar-refractivity contribution in [2.75, 3.05) is 19.7 Å². The molecule has 4 unspecified atom stereocenters. The molecule has 1 aliphatic rings. The van der Waals surface area contributed by atoms with E-state index in [4.69, 9.17) is 14.2 Å². The van der Waals surface area contributed by atoms with E-state index in [1.165, 1.54) is 11.1 Å². The summed E-state index contributed by atoms with van der Waals surface area (Å²) in [6.45, 7) is 6.49. The highest BCUT2D eigenvalue weighted by Crippen LogP contribution is 2.42. The van der Waals surface area contributed by atoms with E-state index in [0.717, 1.165) is 46.5 Å². The molecule has 1 fully saturated rings. The zero-order valence-corrected chi connectivity index (χ0v) is 30.9. The van der Waals surface area contributed by atoms with E-state index in [0.29, 0.717) is 6.54 Å². The third-order valence-electron chi connectivity index (χ3n) is 9.71. The first-order chi connectivity index (χ1) is 26.4. The number of carbonyl (C=O) groups excluding carboxylic acids is 2. The molecule has 1 heterocycles. The van der Waals surface area contributed by atoms with Crippen LogP contribution in [0.4, 0.5) is 4.79 Å². The minimum Gasteiger partial charge on any atom is -0.465 e. The molecule has 0 bridgehead atoms. The number of urea groups is 1. The lowest BCUT2D eigenvalue weighted by atomic mass is 9.89. The van der Waals surface area contributed by atoms with E-state index >= 15 is 0 Å². The van der Waals surface area contributed by atoms with Gasteiger partial charge in [-0.05, 0) is 45.9 Å². The average Bonchev–Trinajstić information content (AvgIpc) is 3.21. The zero-order chi connectivity index (χ0) is 37.7. The Morgan fingerprint density at radius 3 is 1.96 bits per heavy atom. The van der Waals surface area contributed by atoms with Crippen LogP contribution in [0.3, 0.4) is 0 Å². The maximum atomic E-state index is 12.4. The van der Waals surface area contributed by atoms with Gasteiger partial charge in [0.05, 0.1) is 25.4 Å². The van der Waals surface area contributed by atoms with Crippen molar-refractivity contribution in [2.24, 2.45) is 5.92 Å². The van der Waals surface area contributed by atoms with Crippen LogP contribution in [0.5, 0.6) is 0 Å². The Hall–Kier alpha value is -5.32. The van der Waals surface area contributed by atoms with Crippen LogP contribution in [0.25, 0.3) is 11.1 Å². The number of esters is 1. The van der Waals surface area contributed by atoms with E-state index in [-0.39, 0.29) is 44.4 Å². The van der Waals surface area contributed by atoms with Crippen molar-refractivity contribution in [1.82, 2.24) is 15.5 Å². The molecule has 1 aliphatic heterocycles. The molecule has 9 nitrogen and oxygen atoms in total. The van der Waals surface area contributed by atoms with Crippen LogP contribution in [0.15, 0.2) is 133 Å². The Labute approximate surface area is 317 Å². The van der Waals surface area contributed by atoms with Crippen molar-refractivity contribution in [3.8, 4) is 11.1 Å². The molecule has 5 aromatic rings. The van der Waals surface area contributed by atoms with Crippen molar-refractivity contribution in [3.05, 3.63) is 167 Å². The Morgan fingerprint density at radius 1 is 0.722 bits per heavy atom. The lowest BCUT2D eigenvalue weighted by Gasteiger charge is -2.43. The van der Waals surface area contributed by atoms with Crippen LogP contribution >= 0.6 is 0 Å². The smallest absolute Gasteiger partial charge is 0.325 e. The average molecular weight is 728 g/mol. The number of nitrogens with one attached hydrogen (secondary N) is 2. The van der Waals surface area contributed by atoms with Crippen LogP contribution in [0.1, 0.15) is 59.6 Å². The molecule has 5 aromatic carbocycles. The summed E-state index contributed by atoms with van der Waals surface area (Å²) in [5, 5.41) is 15.1. The van der Waals surface area contributed by atoms with Gasteiger partial charge in [-0.3, -0.25) is 9.69 Å². The summed E-state index contributed by atoms with van der Waals surface area (Å²) in [6, 6.07) is 44.7. The van der Waals surface area contributed by atoms with Gasteiger partial charge in [0, 0.05) is 37.7 Å². The van der Waals surface area contributed by atoms with Crippen LogP contribution < -0.4 is 10.6 Å². The molecule has 1 saturated heterocycles. The van der Waals surface area contributed by atoms with Gasteiger partial charge in [0.15, 0.2) is 6.29 Å². The first-order valence-corrected chi connectivity index (χ1v) is 18.6. The quantitative estimate of drug-likeness (QED) is 0.0949. The van der Waals surface area contributed by atoms with Crippen molar-refractivity contribution in [3.63, 3.8) is 0 Å². The van der Waals surface area contributed by atoms with E-state index in [9.17, 15) is 14.7 Å². The Morgan fingerprint density at radius 2 is 1.33 bits per heavy atom. The molecule has 54 heavy (non-hydrogen) atoms. The standard InChI is InChI=1S/C45H49N3O6/c1-3-52-42(50)27-47-45(51)46-26-39-16-10-11-17-40(39)36-22-24-38(25-23-36)44-53-41(32(2)43(54-44)37-20-18-35(31-49)19-21-37)30-48(28-33-12-6-4-7-13-33)29-34-14-8-5-9-15-34/h4-25,32,41,43-44,49H,3,26-31H2,1-2H3,(H2,46,47,51). The summed E-state index contributed by atoms with van der Waals surface area (Å²) in [6.07, 6.45) is -1.00. The topological polar surface area (TPSA) is 109 Å². The minimum atomic E-state index is -0.613.